The molecule has 1 fully saturated rings. The van der Waals surface area contributed by atoms with Crippen molar-refractivity contribution in [2.75, 3.05) is 161 Å². The Morgan fingerprint density at radius 2 is 1.20 bits per heavy atom. The van der Waals surface area contributed by atoms with Gasteiger partial charge in [0.1, 0.15) is 35.5 Å². The Labute approximate surface area is 595 Å². The minimum Gasteiger partial charge on any atom is -0.497 e. The van der Waals surface area contributed by atoms with Crippen molar-refractivity contribution >= 4 is 41.0 Å². The number of benzene rings is 5. The highest BCUT2D eigenvalue weighted by Crippen LogP contribution is 2.42. The van der Waals surface area contributed by atoms with Gasteiger partial charge in [-0.3, -0.25) is 23.9 Å². The molecular formula is C74H96ClN7O19. The number of ether oxygens (including phenoxy) is 15. The molecule has 3 heterocycles. The van der Waals surface area contributed by atoms with Gasteiger partial charge in [-0.05, 0) is 129 Å². The summed E-state index contributed by atoms with van der Waals surface area (Å²) in [7, 11) is 9.34. The summed E-state index contributed by atoms with van der Waals surface area (Å²) < 4.78 is 87.0. The van der Waals surface area contributed by atoms with E-state index in [2.05, 4.69) is 20.8 Å². The van der Waals surface area contributed by atoms with E-state index >= 15 is 0 Å². The molecule has 0 saturated carbocycles. The van der Waals surface area contributed by atoms with Crippen LogP contribution in [0.15, 0.2) is 102 Å². The zero-order chi connectivity index (χ0) is 71.7. The van der Waals surface area contributed by atoms with Gasteiger partial charge < -0.3 is 86.6 Å². The average Bonchev–Trinajstić information content (AvgIpc) is 1.63. The fourth-order valence-electron chi connectivity index (χ4n) is 11.7. The van der Waals surface area contributed by atoms with E-state index in [1.807, 2.05) is 85.1 Å². The van der Waals surface area contributed by atoms with Crippen molar-refractivity contribution in [3.05, 3.63) is 142 Å². The van der Waals surface area contributed by atoms with Crippen molar-refractivity contribution in [3.8, 4) is 45.9 Å². The standard InChI is InChI=1S/C74H96ClN7O19/c1-9-58(54-45-66(90-6)71(92-8)67(46-54)91-7)73(85)81-28-11-10-15-62(81)74(86)101-63(24-16-51-17-25-64(88-4)65(43-51)89-5)53-13-12-14-57(44-53)100-49-69(84)77-27-30-94-32-34-96-36-38-98-40-42-99-41-39-97-37-35-95-33-31-93-29-26-76-68(83)48-60-72-80-79-50(2)82(72)61-23-22-56(87-3)47-59(61)70(78-60)52-18-20-55(75)21-19-52/h12-14,17-23,25,43-47,58,60,62-63H,9-11,15-16,24,26-42,48-49H2,1-8H3,(H,76,83)(H,77,84)/t58-,60-,62-,63+/m0/s1. The van der Waals surface area contributed by atoms with Gasteiger partial charge >= 0.3 is 5.97 Å². The molecule has 101 heavy (non-hydrogen) atoms. The molecule has 0 spiro atoms. The van der Waals surface area contributed by atoms with Gasteiger partial charge in [-0.2, -0.15) is 0 Å². The van der Waals surface area contributed by atoms with E-state index in [9.17, 15) is 19.2 Å². The molecule has 1 aromatic heterocycles. The number of carbonyl (C=O) groups excluding carboxylic acids is 4. The van der Waals surface area contributed by atoms with Crippen LogP contribution in [-0.4, -0.2) is 217 Å². The van der Waals surface area contributed by atoms with Crippen LogP contribution in [0.5, 0.6) is 40.2 Å². The Morgan fingerprint density at radius 1 is 0.594 bits per heavy atom. The van der Waals surface area contributed by atoms with E-state index in [1.54, 1.807) is 56.6 Å². The predicted molar refractivity (Wildman–Crippen MR) is 376 cm³/mol. The number of aromatic nitrogens is 3. The maximum absolute atomic E-state index is 14.6. The number of hydrogen-bond donors (Lipinski definition) is 2. The number of carbonyl (C=O) groups is 4. The molecule has 27 heteroatoms. The number of fused-ring (bicyclic) bond motifs is 3. The molecule has 0 unspecified atom stereocenters. The maximum atomic E-state index is 14.6. The number of nitrogens with one attached hydrogen (secondary N) is 2. The molecule has 3 amide bonds. The van der Waals surface area contributed by atoms with Crippen LogP contribution in [0.4, 0.5) is 0 Å². The molecule has 2 N–H and O–H groups in total. The van der Waals surface area contributed by atoms with Crippen molar-refractivity contribution in [2.24, 2.45) is 4.99 Å². The summed E-state index contributed by atoms with van der Waals surface area (Å²) in [5.74, 6) is 2.90. The lowest BCUT2D eigenvalue weighted by Gasteiger charge is -2.37. The van der Waals surface area contributed by atoms with E-state index in [-0.39, 0.29) is 43.9 Å². The third kappa shape index (κ3) is 23.2. The highest BCUT2D eigenvalue weighted by molar-refractivity contribution is 6.30. The first-order valence-corrected chi connectivity index (χ1v) is 34.5. The molecule has 0 bridgehead atoms. The quantitative estimate of drug-likeness (QED) is 0.0267. The SMILES string of the molecule is CC[C@H](C(=O)N1CCCC[C@H]1C(=O)O[C@H](CCc1ccc(OC)c(OC)c1)c1cccc(OCC(=O)NCCOCCOCCOCCOCCOCCOCCOCCNC(=O)C[C@@H]2N=C(c3ccc(Cl)cc3)c3cc(OC)ccc3-n3c(C)nnc32)c1)c1cc(OC)c(OC)c(OC)c1. The second-order valence-corrected chi connectivity index (χ2v) is 23.9. The molecular weight excluding hydrogens is 1330 g/mol. The molecule has 0 radical (unpaired) electrons. The van der Waals surface area contributed by atoms with Crippen molar-refractivity contribution in [2.45, 2.75) is 82.9 Å². The number of amides is 3. The molecule has 5 aromatic carbocycles. The van der Waals surface area contributed by atoms with E-state index in [0.717, 1.165) is 35.2 Å². The maximum Gasteiger partial charge on any atom is 0.329 e. The first kappa shape index (κ1) is 78.1. The van der Waals surface area contributed by atoms with Gasteiger partial charge in [-0.15, -0.1) is 10.2 Å². The molecule has 548 valence electrons. The van der Waals surface area contributed by atoms with Gasteiger partial charge in [-0.25, -0.2) is 4.79 Å². The van der Waals surface area contributed by atoms with Gasteiger partial charge in [0.25, 0.3) is 5.91 Å². The van der Waals surface area contributed by atoms with E-state index in [0.29, 0.717) is 198 Å². The zero-order valence-corrected chi connectivity index (χ0v) is 59.9. The van der Waals surface area contributed by atoms with Crippen molar-refractivity contribution in [3.63, 3.8) is 0 Å². The second-order valence-electron chi connectivity index (χ2n) is 23.5. The largest absolute Gasteiger partial charge is 0.497 e. The van der Waals surface area contributed by atoms with Crippen molar-refractivity contribution in [1.82, 2.24) is 30.3 Å². The number of nitrogens with zero attached hydrogens (tertiary/aromatic N) is 5. The topological polar surface area (TPSA) is 277 Å². The lowest BCUT2D eigenvalue weighted by atomic mass is 9.91. The van der Waals surface area contributed by atoms with Gasteiger partial charge in [0.15, 0.2) is 35.4 Å². The van der Waals surface area contributed by atoms with E-state index in [1.165, 1.54) is 21.3 Å². The van der Waals surface area contributed by atoms with Crippen molar-refractivity contribution < 1.29 is 90.2 Å². The highest BCUT2D eigenvalue weighted by atomic mass is 35.5. The number of aliphatic imine (C=N–C) groups is 1. The van der Waals surface area contributed by atoms with Crippen LogP contribution in [-0.2, 0) is 63.5 Å². The number of likely N-dealkylation sites (tertiary alicyclic amines) is 1. The number of rotatable bonds is 45. The Morgan fingerprint density at radius 3 is 1.78 bits per heavy atom. The molecule has 8 rings (SSSR count). The molecule has 2 aliphatic rings. The number of aryl methyl sites for hydroxylation is 2. The van der Waals surface area contributed by atoms with Crippen LogP contribution in [0, 0.1) is 6.92 Å². The van der Waals surface area contributed by atoms with Crippen LogP contribution in [0.25, 0.3) is 5.69 Å². The number of piperidine rings is 1. The monoisotopic (exact) mass is 1420 g/mol. The van der Waals surface area contributed by atoms with Gasteiger partial charge in [0.2, 0.25) is 17.6 Å². The summed E-state index contributed by atoms with van der Waals surface area (Å²) >= 11 is 6.23. The molecule has 0 aliphatic carbocycles. The summed E-state index contributed by atoms with van der Waals surface area (Å²) in [6.45, 7) is 9.69. The molecule has 6 aromatic rings. The first-order valence-electron chi connectivity index (χ1n) is 34.1. The van der Waals surface area contributed by atoms with E-state index in [4.69, 9.17) is 87.6 Å². The number of esters is 1. The summed E-state index contributed by atoms with van der Waals surface area (Å²) in [5, 5.41) is 15.1. The zero-order valence-electron chi connectivity index (χ0n) is 59.1. The molecule has 4 atom stereocenters. The van der Waals surface area contributed by atoms with Crippen LogP contribution < -0.4 is 43.8 Å². The van der Waals surface area contributed by atoms with Crippen LogP contribution >= 0.6 is 11.6 Å². The number of methoxy groups -OCH3 is 6. The number of halogens is 1. The summed E-state index contributed by atoms with van der Waals surface area (Å²) in [4.78, 5) is 62.0. The van der Waals surface area contributed by atoms with Crippen LogP contribution in [0.3, 0.4) is 0 Å². The number of hydrogen-bond acceptors (Lipinski definition) is 22. The third-order valence-electron chi connectivity index (χ3n) is 16.9. The second kappa shape index (κ2) is 42.0. The Bertz CT molecular complexity index is 3590. The average molecular weight is 1420 g/mol. The molecule has 1 saturated heterocycles. The predicted octanol–water partition coefficient (Wildman–Crippen LogP) is 8.78. The highest BCUT2D eigenvalue weighted by Gasteiger charge is 2.39. The lowest BCUT2D eigenvalue weighted by Crippen LogP contribution is -2.50. The fraction of sp³-hybridized carbons (Fsp3) is 0.500. The fourth-order valence-corrected chi connectivity index (χ4v) is 11.8. The smallest absolute Gasteiger partial charge is 0.329 e. The van der Waals surface area contributed by atoms with Gasteiger partial charge in [0.05, 0.1) is 159 Å². The molecule has 26 nitrogen and oxygen atoms in total. The van der Waals surface area contributed by atoms with E-state index < -0.39 is 30.1 Å². The lowest BCUT2D eigenvalue weighted by molar-refractivity contribution is -0.162. The van der Waals surface area contributed by atoms with Crippen LogP contribution in [0.2, 0.25) is 5.02 Å². The summed E-state index contributed by atoms with van der Waals surface area (Å²) in [6.07, 6.45) is 2.57. The minimum atomic E-state index is -0.820. The summed E-state index contributed by atoms with van der Waals surface area (Å²) in [5.41, 5.74) is 5.44. The Balaban J connectivity index is 0.643. The normalized spacial score (nSPS) is 14.7. The Hall–Kier alpha value is -8.60. The Kier molecular flexibility index (Phi) is 32.5. The molecule has 2 aliphatic heterocycles. The summed E-state index contributed by atoms with van der Waals surface area (Å²) in [6, 6.07) is 28.1. The first-order chi connectivity index (χ1) is 49.3. The van der Waals surface area contributed by atoms with Gasteiger partial charge in [-0.1, -0.05) is 48.9 Å². The van der Waals surface area contributed by atoms with Crippen LogP contribution in [0.1, 0.15) is 103 Å². The van der Waals surface area contributed by atoms with Gasteiger partial charge in [0, 0.05) is 35.8 Å². The van der Waals surface area contributed by atoms with Crippen molar-refractivity contribution in [1.29, 1.82) is 0 Å². The third-order valence-corrected chi connectivity index (χ3v) is 17.1. The minimum absolute atomic E-state index is 0.0464.